The standard InChI is InChI=1S/C18H33NO2/c1-15-6-5-8-17(20,12-15)14-19-13-16-7-11-18(21-16)9-3-2-4-10-18/h15-16,19-20H,2-14H2,1H3. The van der Waals surface area contributed by atoms with Crippen LogP contribution in [-0.4, -0.2) is 35.5 Å². The number of ether oxygens (including phenoxy) is 1. The van der Waals surface area contributed by atoms with Crippen molar-refractivity contribution < 1.29 is 9.84 Å². The van der Waals surface area contributed by atoms with Crippen molar-refractivity contribution in [2.45, 2.75) is 94.9 Å². The Bertz CT molecular complexity index is 340. The van der Waals surface area contributed by atoms with Crippen molar-refractivity contribution in [3.05, 3.63) is 0 Å². The lowest BCUT2D eigenvalue weighted by Gasteiger charge is -2.36. The summed E-state index contributed by atoms with van der Waals surface area (Å²) in [5, 5.41) is 14.2. The van der Waals surface area contributed by atoms with Crippen LogP contribution < -0.4 is 5.32 Å². The lowest BCUT2D eigenvalue weighted by Crippen LogP contribution is -2.46. The second-order valence-electron chi connectivity index (χ2n) is 8.08. The van der Waals surface area contributed by atoms with E-state index in [2.05, 4.69) is 12.2 Å². The molecule has 3 aliphatic rings. The molecule has 0 aromatic heterocycles. The van der Waals surface area contributed by atoms with Gasteiger partial charge in [0.2, 0.25) is 0 Å². The Hall–Kier alpha value is -0.120. The van der Waals surface area contributed by atoms with Gasteiger partial charge in [-0.15, -0.1) is 0 Å². The number of hydrogen-bond acceptors (Lipinski definition) is 3. The topological polar surface area (TPSA) is 41.5 Å². The van der Waals surface area contributed by atoms with Crippen molar-refractivity contribution in [3.63, 3.8) is 0 Å². The SMILES string of the molecule is CC1CCCC(O)(CNCC2CCC3(CCCCC3)O2)C1. The first-order chi connectivity index (χ1) is 10.1. The molecule has 1 heterocycles. The molecule has 3 heteroatoms. The average Bonchev–Trinajstić information content (AvgIpc) is 2.82. The summed E-state index contributed by atoms with van der Waals surface area (Å²) in [5.41, 5.74) is -0.250. The predicted molar refractivity (Wildman–Crippen MR) is 85.4 cm³/mol. The van der Waals surface area contributed by atoms with Crippen LogP contribution in [0.3, 0.4) is 0 Å². The average molecular weight is 295 g/mol. The van der Waals surface area contributed by atoms with E-state index in [4.69, 9.17) is 4.74 Å². The summed E-state index contributed by atoms with van der Waals surface area (Å²) < 4.78 is 6.39. The fourth-order valence-electron chi connectivity index (χ4n) is 4.86. The van der Waals surface area contributed by atoms with Crippen LogP contribution in [0.1, 0.15) is 77.6 Å². The summed E-state index contributed by atoms with van der Waals surface area (Å²) in [4.78, 5) is 0. The highest BCUT2D eigenvalue weighted by molar-refractivity contribution is 4.93. The molecule has 0 radical (unpaired) electrons. The summed E-state index contributed by atoms with van der Waals surface area (Å²) in [5.74, 6) is 0.666. The summed E-state index contributed by atoms with van der Waals surface area (Å²) in [6.45, 7) is 3.92. The van der Waals surface area contributed by atoms with Crippen LogP contribution in [0, 0.1) is 5.92 Å². The summed E-state index contributed by atoms with van der Waals surface area (Å²) in [6, 6.07) is 0. The molecule has 3 fully saturated rings. The van der Waals surface area contributed by atoms with Crippen LogP contribution in [0.4, 0.5) is 0 Å². The maximum Gasteiger partial charge on any atom is 0.0774 e. The van der Waals surface area contributed by atoms with E-state index in [1.807, 2.05) is 0 Å². The Morgan fingerprint density at radius 1 is 1.05 bits per heavy atom. The molecule has 0 aromatic rings. The van der Waals surface area contributed by atoms with Crippen LogP contribution in [0.5, 0.6) is 0 Å². The van der Waals surface area contributed by atoms with Crippen molar-refractivity contribution >= 4 is 0 Å². The maximum atomic E-state index is 10.7. The highest BCUT2D eigenvalue weighted by Crippen LogP contribution is 2.41. The molecule has 2 saturated carbocycles. The van der Waals surface area contributed by atoms with Crippen LogP contribution in [0.25, 0.3) is 0 Å². The maximum absolute atomic E-state index is 10.7. The number of aliphatic hydroxyl groups is 1. The molecule has 3 nitrogen and oxygen atoms in total. The Labute approximate surface area is 129 Å². The minimum atomic E-state index is -0.473. The van der Waals surface area contributed by atoms with Crippen LogP contribution in [-0.2, 0) is 4.74 Å². The van der Waals surface area contributed by atoms with Gasteiger partial charge in [-0.2, -0.15) is 0 Å². The number of rotatable bonds is 4. The van der Waals surface area contributed by atoms with Gasteiger partial charge in [0.15, 0.2) is 0 Å². The molecule has 2 aliphatic carbocycles. The van der Waals surface area contributed by atoms with Crippen molar-refractivity contribution in [1.29, 1.82) is 0 Å². The quantitative estimate of drug-likeness (QED) is 0.835. The molecule has 0 bridgehead atoms. The smallest absolute Gasteiger partial charge is 0.0774 e. The molecule has 1 spiro atoms. The third kappa shape index (κ3) is 4.00. The predicted octanol–water partition coefficient (Wildman–Crippen LogP) is 3.40. The van der Waals surface area contributed by atoms with E-state index in [0.29, 0.717) is 12.0 Å². The van der Waals surface area contributed by atoms with Gasteiger partial charge >= 0.3 is 0 Å². The molecule has 1 saturated heterocycles. The first-order valence-electron chi connectivity index (χ1n) is 9.20. The highest BCUT2D eigenvalue weighted by Gasteiger charge is 2.40. The molecule has 1 aliphatic heterocycles. The molecule has 2 N–H and O–H groups in total. The van der Waals surface area contributed by atoms with Gasteiger partial charge in [0.25, 0.3) is 0 Å². The van der Waals surface area contributed by atoms with E-state index in [1.165, 1.54) is 57.8 Å². The molecular weight excluding hydrogens is 262 g/mol. The van der Waals surface area contributed by atoms with Crippen molar-refractivity contribution in [3.8, 4) is 0 Å². The van der Waals surface area contributed by atoms with E-state index >= 15 is 0 Å². The van der Waals surface area contributed by atoms with Gasteiger partial charge in [-0.3, -0.25) is 0 Å². The second-order valence-corrected chi connectivity index (χ2v) is 8.08. The molecule has 3 rings (SSSR count). The normalized spacial score (nSPS) is 39.7. The molecule has 3 unspecified atom stereocenters. The Balaban J connectivity index is 1.40. The lowest BCUT2D eigenvalue weighted by atomic mass is 9.79. The molecule has 3 atom stereocenters. The number of nitrogens with one attached hydrogen (secondary N) is 1. The Kier molecular flexibility index (Phi) is 4.92. The van der Waals surface area contributed by atoms with E-state index in [9.17, 15) is 5.11 Å². The second kappa shape index (κ2) is 6.55. The van der Waals surface area contributed by atoms with Gasteiger partial charge in [0.05, 0.1) is 17.3 Å². The Morgan fingerprint density at radius 3 is 2.62 bits per heavy atom. The minimum absolute atomic E-state index is 0.223. The fourth-order valence-corrected chi connectivity index (χ4v) is 4.86. The molecule has 0 aromatic carbocycles. The fraction of sp³-hybridized carbons (Fsp3) is 1.00. The van der Waals surface area contributed by atoms with Gasteiger partial charge in [-0.25, -0.2) is 0 Å². The third-order valence-electron chi connectivity index (χ3n) is 6.00. The molecule has 122 valence electrons. The first kappa shape index (κ1) is 15.8. The summed E-state index contributed by atoms with van der Waals surface area (Å²) in [7, 11) is 0. The highest BCUT2D eigenvalue weighted by atomic mass is 16.5. The largest absolute Gasteiger partial charge is 0.389 e. The van der Waals surface area contributed by atoms with Gasteiger partial charge < -0.3 is 15.2 Å². The van der Waals surface area contributed by atoms with Crippen LogP contribution in [0.2, 0.25) is 0 Å². The molecular formula is C18H33NO2. The summed E-state index contributed by atoms with van der Waals surface area (Å²) >= 11 is 0. The van der Waals surface area contributed by atoms with Gasteiger partial charge in [-0.1, -0.05) is 39.0 Å². The van der Waals surface area contributed by atoms with Crippen molar-refractivity contribution in [2.24, 2.45) is 5.92 Å². The van der Waals surface area contributed by atoms with E-state index in [0.717, 1.165) is 25.9 Å². The first-order valence-corrected chi connectivity index (χ1v) is 9.20. The van der Waals surface area contributed by atoms with Gasteiger partial charge in [-0.05, 0) is 44.4 Å². The van der Waals surface area contributed by atoms with E-state index < -0.39 is 5.60 Å². The van der Waals surface area contributed by atoms with E-state index in [1.54, 1.807) is 0 Å². The summed E-state index contributed by atoms with van der Waals surface area (Å²) in [6.07, 6.45) is 13.8. The van der Waals surface area contributed by atoms with Crippen molar-refractivity contribution in [1.82, 2.24) is 5.32 Å². The van der Waals surface area contributed by atoms with Crippen LogP contribution >= 0.6 is 0 Å². The lowest BCUT2D eigenvalue weighted by molar-refractivity contribution is -0.0652. The van der Waals surface area contributed by atoms with Gasteiger partial charge in [0.1, 0.15) is 0 Å². The van der Waals surface area contributed by atoms with Gasteiger partial charge in [0, 0.05) is 13.1 Å². The monoisotopic (exact) mass is 295 g/mol. The van der Waals surface area contributed by atoms with Crippen LogP contribution in [0.15, 0.2) is 0 Å². The minimum Gasteiger partial charge on any atom is -0.389 e. The zero-order valence-corrected chi connectivity index (χ0v) is 13.7. The Morgan fingerprint density at radius 2 is 1.86 bits per heavy atom. The number of hydrogen-bond donors (Lipinski definition) is 2. The molecule has 21 heavy (non-hydrogen) atoms. The zero-order chi connectivity index (χ0) is 14.8. The third-order valence-corrected chi connectivity index (χ3v) is 6.00. The van der Waals surface area contributed by atoms with Crippen molar-refractivity contribution in [2.75, 3.05) is 13.1 Å². The van der Waals surface area contributed by atoms with E-state index in [-0.39, 0.29) is 5.60 Å². The zero-order valence-electron chi connectivity index (χ0n) is 13.7. The molecule has 0 amide bonds.